The van der Waals surface area contributed by atoms with Crippen molar-refractivity contribution in [1.82, 2.24) is 16.0 Å². The number of aliphatic imine (C=N–C) groups is 1. The molecule has 0 unspecified atom stereocenters. The third kappa shape index (κ3) is 13.1. The summed E-state index contributed by atoms with van der Waals surface area (Å²) in [5, 5.41) is 9.38. The van der Waals surface area contributed by atoms with E-state index in [1.807, 2.05) is 46.4 Å². The number of thioether (sulfide) groups is 1. The van der Waals surface area contributed by atoms with Gasteiger partial charge >= 0.3 is 6.09 Å². The van der Waals surface area contributed by atoms with E-state index >= 15 is 0 Å². The van der Waals surface area contributed by atoms with Crippen LogP contribution >= 0.6 is 11.8 Å². The Morgan fingerprint density at radius 2 is 1.78 bits per heavy atom. The normalized spacial score (nSPS) is 12.7. The molecule has 0 rings (SSSR count). The van der Waals surface area contributed by atoms with E-state index in [0.29, 0.717) is 6.54 Å². The van der Waals surface area contributed by atoms with E-state index in [2.05, 4.69) is 27.2 Å². The quantitative estimate of drug-likeness (QED) is 0.358. The fraction of sp³-hybridized carbons (Fsp3) is 0.875. The number of hydrogen-bond donors (Lipinski definition) is 3. The molecule has 0 aromatic heterocycles. The number of nitrogens with one attached hydrogen (secondary N) is 3. The van der Waals surface area contributed by atoms with Crippen LogP contribution in [0, 0.1) is 0 Å². The molecule has 0 aromatic rings. The zero-order valence-corrected chi connectivity index (χ0v) is 16.5. The summed E-state index contributed by atoms with van der Waals surface area (Å²) in [6.45, 7) is 10.9. The molecule has 0 fully saturated rings. The van der Waals surface area contributed by atoms with Crippen LogP contribution in [0.4, 0.5) is 4.79 Å². The van der Waals surface area contributed by atoms with E-state index in [1.54, 1.807) is 7.05 Å². The maximum atomic E-state index is 11.9. The smallest absolute Gasteiger partial charge is 0.408 e. The van der Waals surface area contributed by atoms with Gasteiger partial charge < -0.3 is 20.7 Å². The largest absolute Gasteiger partial charge is 0.444 e. The van der Waals surface area contributed by atoms with Gasteiger partial charge in [-0.05, 0) is 59.5 Å². The Balaban J connectivity index is 4.15. The standard InChI is InChI=1S/C16H34N4O2S/c1-15(2,3)22-14(21)20-16(4,5)12-19-13(17-6)18-10-8-9-11-23-7/h8-12H2,1-7H3,(H,20,21)(H2,17,18,19). The van der Waals surface area contributed by atoms with E-state index in [1.165, 1.54) is 12.2 Å². The van der Waals surface area contributed by atoms with Crippen LogP contribution in [0.5, 0.6) is 0 Å². The second-order valence-corrected chi connectivity index (χ2v) is 8.05. The van der Waals surface area contributed by atoms with Crippen LogP contribution in [0.25, 0.3) is 0 Å². The molecular weight excluding hydrogens is 312 g/mol. The predicted octanol–water partition coefficient (Wildman–Crippen LogP) is 2.60. The number of rotatable bonds is 8. The molecule has 0 saturated carbocycles. The van der Waals surface area contributed by atoms with Crippen LogP contribution in [0.15, 0.2) is 4.99 Å². The van der Waals surface area contributed by atoms with E-state index in [9.17, 15) is 4.79 Å². The van der Waals surface area contributed by atoms with Crippen LogP contribution in [0.3, 0.4) is 0 Å². The molecular formula is C16H34N4O2S. The van der Waals surface area contributed by atoms with Crippen LogP contribution in [0.1, 0.15) is 47.5 Å². The molecule has 136 valence electrons. The van der Waals surface area contributed by atoms with Crippen molar-refractivity contribution >= 4 is 23.8 Å². The lowest BCUT2D eigenvalue weighted by atomic mass is 10.1. The molecule has 6 nitrogen and oxygen atoms in total. The number of amides is 1. The summed E-state index contributed by atoms with van der Waals surface area (Å²) in [6.07, 6.45) is 4.01. The van der Waals surface area contributed by atoms with Gasteiger partial charge in [0.1, 0.15) is 5.60 Å². The molecule has 1 amide bonds. The summed E-state index contributed by atoms with van der Waals surface area (Å²) in [7, 11) is 1.74. The third-order valence-electron chi connectivity index (χ3n) is 2.83. The molecule has 0 aliphatic heterocycles. The molecule has 0 aliphatic carbocycles. The van der Waals surface area contributed by atoms with Crippen molar-refractivity contribution in [3.05, 3.63) is 0 Å². The van der Waals surface area contributed by atoms with Crippen molar-refractivity contribution in [2.75, 3.05) is 32.1 Å². The first-order valence-electron chi connectivity index (χ1n) is 8.04. The molecule has 0 saturated heterocycles. The van der Waals surface area contributed by atoms with Crippen molar-refractivity contribution in [2.24, 2.45) is 4.99 Å². The zero-order valence-electron chi connectivity index (χ0n) is 15.7. The Morgan fingerprint density at radius 3 is 2.30 bits per heavy atom. The highest BCUT2D eigenvalue weighted by atomic mass is 32.2. The lowest BCUT2D eigenvalue weighted by molar-refractivity contribution is 0.0474. The van der Waals surface area contributed by atoms with Crippen molar-refractivity contribution in [2.45, 2.75) is 58.6 Å². The number of alkyl carbamates (subject to hydrolysis) is 1. The minimum atomic E-state index is -0.498. The maximum Gasteiger partial charge on any atom is 0.408 e. The molecule has 0 atom stereocenters. The summed E-state index contributed by atoms with van der Waals surface area (Å²) >= 11 is 1.86. The van der Waals surface area contributed by atoms with Gasteiger partial charge in [0.05, 0.1) is 5.54 Å². The third-order valence-corrected chi connectivity index (χ3v) is 3.53. The molecule has 7 heteroatoms. The molecule has 0 radical (unpaired) electrons. The van der Waals surface area contributed by atoms with E-state index in [4.69, 9.17) is 4.74 Å². The topological polar surface area (TPSA) is 74.8 Å². The van der Waals surface area contributed by atoms with Gasteiger partial charge in [-0.15, -0.1) is 0 Å². The monoisotopic (exact) mass is 346 g/mol. The lowest BCUT2D eigenvalue weighted by Gasteiger charge is -2.29. The molecule has 0 heterocycles. The maximum absolute atomic E-state index is 11.9. The number of carbonyl (C=O) groups is 1. The van der Waals surface area contributed by atoms with Gasteiger partial charge in [-0.1, -0.05) is 0 Å². The van der Waals surface area contributed by atoms with Gasteiger partial charge in [0.2, 0.25) is 0 Å². The number of hydrogen-bond acceptors (Lipinski definition) is 4. The first-order valence-corrected chi connectivity index (χ1v) is 9.43. The van der Waals surface area contributed by atoms with Gasteiger partial charge in [0, 0.05) is 20.1 Å². The SMILES string of the molecule is CN=C(NCCCCSC)NCC(C)(C)NC(=O)OC(C)(C)C. The van der Waals surface area contributed by atoms with E-state index in [0.717, 1.165) is 18.9 Å². The fourth-order valence-electron chi connectivity index (χ4n) is 1.73. The second kappa shape index (κ2) is 10.6. The van der Waals surface area contributed by atoms with Crippen molar-refractivity contribution in [3.63, 3.8) is 0 Å². The number of unbranched alkanes of at least 4 members (excludes halogenated alkanes) is 1. The summed E-state index contributed by atoms with van der Waals surface area (Å²) in [5.41, 5.74) is -0.944. The van der Waals surface area contributed by atoms with Crippen LogP contribution in [0.2, 0.25) is 0 Å². The van der Waals surface area contributed by atoms with Gasteiger partial charge in [0.15, 0.2) is 5.96 Å². The second-order valence-electron chi connectivity index (χ2n) is 7.06. The van der Waals surface area contributed by atoms with Gasteiger partial charge in [-0.25, -0.2) is 4.79 Å². The van der Waals surface area contributed by atoms with Gasteiger partial charge in [-0.3, -0.25) is 4.99 Å². The summed E-state index contributed by atoms with van der Waals surface area (Å²) in [5.74, 6) is 1.92. The number of guanidine groups is 1. The Hall–Kier alpha value is -1.11. The number of carbonyl (C=O) groups excluding carboxylic acids is 1. The fourth-order valence-corrected chi connectivity index (χ4v) is 2.22. The summed E-state index contributed by atoms with van der Waals surface area (Å²) in [6, 6.07) is 0. The Kier molecular flexibility index (Phi) is 10.1. The number of ether oxygens (including phenoxy) is 1. The molecule has 0 aliphatic rings. The lowest BCUT2D eigenvalue weighted by Crippen LogP contribution is -2.54. The van der Waals surface area contributed by atoms with Crippen LogP contribution in [-0.4, -0.2) is 55.3 Å². The highest BCUT2D eigenvalue weighted by molar-refractivity contribution is 7.98. The summed E-state index contributed by atoms with van der Waals surface area (Å²) < 4.78 is 5.28. The van der Waals surface area contributed by atoms with Crippen LogP contribution in [-0.2, 0) is 4.74 Å². The van der Waals surface area contributed by atoms with Gasteiger partial charge in [0.25, 0.3) is 0 Å². The zero-order chi connectivity index (χ0) is 17.9. The first-order chi connectivity index (χ1) is 10.6. The highest BCUT2D eigenvalue weighted by Crippen LogP contribution is 2.09. The molecule has 0 bridgehead atoms. The Bertz CT molecular complexity index is 379. The average Bonchev–Trinajstić information content (AvgIpc) is 2.39. The molecule has 0 aromatic carbocycles. The minimum Gasteiger partial charge on any atom is -0.444 e. The predicted molar refractivity (Wildman–Crippen MR) is 100 cm³/mol. The Labute approximate surface area is 145 Å². The molecule has 23 heavy (non-hydrogen) atoms. The van der Waals surface area contributed by atoms with Crippen molar-refractivity contribution in [1.29, 1.82) is 0 Å². The summed E-state index contributed by atoms with van der Waals surface area (Å²) in [4.78, 5) is 16.0. The first kappa shape index (κ1) is 21.9. The minimum absolute atomic E-state index is 0.413. The van der Waals surface area contributed by atoms with Crippen molar-refractivity contribution in [3.8, 4) is 0 Å². The molecule has 3 N–H and O–H groups in total. The number of nitrogens with zero attached hydrogens (tertiary/aromatic N) is 1. The van der Waals surface area contributed by atoms with Crippen LogP contribution < -0.4 is 16.0 Å². The molecule has 0 spiro atoms. The van der Waals surface area contributed by atoms with Gasteiger partial charge in [-0.2, -0.15) is 11.8 Å². The van der Waals surface area contributed by atoms with E-state index < -0.39 is 17.2 Å². The highest BCUT2D eigenvalue weighted by Gasteiger charge is 2.24. The average molecular weight is 347 g/mol. The van der Waals surface area contributed by atoms with E-state index in [-0.39, 0.29) is 0 Å². The van der Waals surface area contributed by atoms with Crippen molar-refractivity contribution < 1.29 is 9.53 Å². The Morgan fingerprint density at radius 1 is 1.13 bits per heavy atom.